The summed E-state index contributed by atoms with van der Waals surface area (Å²) in [5, 5.41) is 16.5. The number of rotatable bonds is 5. The van der Waals surface area contributed by atoms with Crippen LogP contribution in [0.3, 0.4) is 0 Å². The molecule has 2 aliphatic rings. The van der Waals surface area contributed by atoms with Crippen molar-refractivity contribution < 1.29 is 18.7 Å². The Balaban J connectivity index is 1.35. The van der Waals surface area contributed by atoms with Gasteiger partial charge in [-0.2, -0.15) is 0 Å². The van der Waals surface area contributed by atoms with Crippen LogP contribution < -0.4 is 10.6 Å². The van der Waals surface area contributed by atoms with Gasteiger partial charge in [-0.15, -0.1) is 0 Å². The maximum atomic E-state index is 14.6. The molecule has 4 N–H and O–H groups in total. The summed E-state index contributed by atoms with van der Waals surface area (Å²) in [6.45, 7) is 1.22. The largest absolute Gasteiger partial charge is 0.390 e. The molecule has 3 aromatic heterocycles. The zero-order chi connectivity index (χ0) is 23.7. The molecule has 1 saturated carbocycles. The predicted octanol–water partition coefficient (Wildman–Crippen LogP) is 3.32. The van der Waals surface area contributed by atoms with Crippen LogP contribution in [0, 0.1) is 11.6 Å². The molecule has 1 aliphatic carbocycles. The van der Waals surface area contributed by atoms with E-state index in [1.807, 2.05) is 4.90 Å². The quantitative estimate of drug-likeness (QED) is 0.453. The molecular weight excluding hydrogens is 444 g/mol. The van der Waals surface area contributed by atoms with Crippen LogP contribution >= 0.6 is 0 Å². The standard InChI is InChI=1S/C23H27F2N7O2/c24-13-8-16-19(18(12-33)30-20(16)26-10-13)22-27-11-17(25)21(31-22)28-14-4-3-5-15(9-14)29-23(34)32-6-1-2-7-32/h8,10-11,14-15,33H,1-7,9,12H2,(H,26,30)(H,29,34)(H,27,28,31)/t14-,15+/m0/s1. The van der Waals surface area contributed by atoms with Gasteiger partial charge in [-0.1, -0.05) is 0 Å². The number of aromatic amines is 1. The van der Waals surface area contributed by atoms with Crippen LogP contribution in [0.4, 0.5) is 19.4 Å². The van der Waals surface area contributed by atoms with E-state index in [2.05, 4.69) is 30.6 Å². The summed E-state index contributed by atoms with van der Waals surface area (Å²) < 4.78 is 28.5. The number of aliphatic hydroxyl groups is 1. The summed E-state index contributed by atoms with van der Waals surface area (Å²) >= 11 is 0. The molecule has 9 nitrogen and oxygen atoms in total. The molecule has 0 radical (unpaired) electrons. The molecule has 2 atom stereocenters. The summed E-state index contributed by atoms with van der Waals surface area (Å²) in [5.41, 5.74) is 1.13. The lowest BCUT2D eigenvalue weighted by molar-refractivity contribution is 0.199. The molecule has 34 heavy (non-hydrogen) atoms. The number of carbonyl (C=O) groups is 1. The lowest BCUT2D eigenvalue weighted by Crippen LogP contribution is -2.47. The van der Waals surface area contributed by atoms with Crippen LogP contribution in [-0.2, 0) is 6.61 Å². The predicted molar refractivity (Wildman–Crippen MR) is 122 cm³/mol. The van der Waals surface area contributed by atoms with Crippen molar-refractivity contribution in [2.45, 2.75) is 57.2 Å². The van der Waals surface area contributed by atoms with Crippen molar-refractivity contribution in [1.82, 2.24) is 30.2 Å². The van der Waals surface area contributed by atoms with E-state index in [0.717, 1.165) is 57.6 Å². The average molecular weight is 472 g/mol. The van der Waals surface area contributed by atoms with Gasteiger partial charge in [0.2, 0.25) is 0 Å². The Morgan fingerprint density at radius 2 is 1.94 bits per heavy atom. The SMILES string of the molecule is O=C(N[C@@H]1CCC[C@H](Nc2nc(-c3c(CO)[nH]c4ncc(F)cc34)ncc2F)C1)N1CCCC1. The molecule has 180 valence electrons. The Hall–Kier alpha value is -3.34. The third-order valence-corrected chi connectivity index (χ3v) is 6.56. The maximum absolute atomic E-state index is 14.6. The van der Waals surface area contributed by atoms with Gasteiger partial charge < -0.3 is 25.6 Å². The molecule has 5 rings (SSSR count). The molecule has 0 bridgehead atoms. The summed E-state index contributed by atoms with van der Waals surface area (Å²) in [5.74, 6) is -0.964. The summed E-state index contributed by atoms with van der Waals surface area (Å²) in [6, 6.07) is 1.18. The highest BCUT2D eigenvalue weighted by molar-refractivity contribution is 5.93. The number of amides is 2. The molecule has 3 aromatic rings. The van der Waals surface area contributed by atoms with Gasteiger partial charge in [0.25, 0.3) is 0 Å². The summed E-state index contributed by atoms with van der Waals surface area (Å²) in [7, 11) is 0. The van der Waals surface area contributed by atoms with Crippen LogP contribution in [0.1, 0.15) is 44.2 Å². The third kappa shape index (κ3) is 4.52. The Kier molecular flexibility index (Phi) is 6.27. The van der Waals surface area contributed by atoms with Crippen molar-refractivity contribution in [3.63, 3.8) is 0 Å². The number of carbonyl (C=O) groups excluding carboxylic acids is 1. The Morgan fingerprint density at radius 1 is 1.15 bits per heavy atom. The van der Waals surface area contributed by atoms with Gasteiger partial charge in [-0.3, -0.25) is 0 Å². The molecule has 11 heteroatoms. The highest BCUT2D eigenvalue weighted by Crippen LogP contribution is 2.31. The van der Waals surface area contributed by atoms with E-state index in [4.69, 9.17) is 0 Å². The average Bonchev–Trinajstić information content (AvgIpc) is 3.49. The number of likely N-dealkylation sites (tertiary alicyclic amines) is 1. The number of H-pyrrole nitrogens is 1. The van der Waals surface area contributed by atoms with Crippen molar-refractivity contribution in [1.29, 1.82) is 0 Å². The van der Waals surface area contributed by atoms with Crippen LogP contribution in [0.25, 0.3) is 22.4 Å². The molecule has 4 heterocycles. The van der Waals surface area contributed by atoms with Crippen molar-refractivity contribution >= 4 is 22.9 Å². The fourth-order valence-corrected chi connectivity index (χ4v) is 4.89. The van der Waals surface area contributed by atoms with Crippen LogP contribution in [0.15, 0.2) is 18.5 Å². The third-order valence-electron chi connectivity index (χ3n) is 6.56. The van der Waals surface area contributed by atoms with Crippen molar-refractivity contribution in [2.75, 3.05) is 18.4 Å². The first-order chi connectivity index (χ1) is 16.5. The molecule has 1 aliphatic heterocycles. The minimum atomic E-state index is -0.610. The van der Waals surface area contributed by atoms with Gasteiger partial charge in [-0.05, 0) is 44.6 Å². The Labute approximate surface area is 195 Å². The smallest absolute Gasteiger partial charge is 0.317 e. The minimum absolute atomic E-state index is 0.00683. The minimum Gasteiger partial charge on any atom is -0.390 e. The van der Waals surface area contributed by atoms with Crippen molar-refractivity contribution in [3.05, 3.63) is 35.8 Å². The molecule has 2 amide bonds. The van der Waals surface area contributed by atoms with Gasteiger partial charge in [0.05, 0.1) is 30.3 Å². The van der Waals surface area contributed by atoms with Gasteiger partial charge in [0.15, 0.2) is 17.5 Å². The van der Waals surface area contributed by atoms with Crippen LogP contribution in [-0.4, -0.2) is 61.1 Å². The molecule has 1 saturated heterocycles. The van der Waals surface area contributed by atoms with Gasteiger partial charge in [-0.25, -0.2) is 28.5 Å². The van der Waals surface area contributed by atoms with E-state index >= 15 is 0 Å². The fraction of sp³-hybridized carbons (Fsp3) is 0.478. The van der Waals surface area contributed by atoms with Gasteiger partial charge >= 0.3 is 6.03 Å². The maximum Gasteiger partial charge on any atom is 0.317 e. The molecule has 0 spiro atoms. The number of urea groups is 1. The van der Waals surface area contributed by atoms with Crippen LogP contribution in [0.5, 0.6) is 0 Å². The highest BCUT2D eigenvalue weighted by atomic mass is 19.1. The molecular formula is C23H27F2N7O2. The Bertz CT molecular complexity index is 1200. The first kappa shape index (κ1) is 22.5. The summed E-state index contributed by atoms with van der Waals surface area (Å²) in [4.78, 5) is 29.7. The highest BCUT2D eigenvalue weighted by Gasteiger charge is 2.27. The number of aromatic nitrogens is 4. The van der Waals surface area contributed by atoms with E-state index in [-0.39, 0.29) is 36.4 Å². The molecule has 0 unspecified atom stereocenters. The number of hydrogen-bond acceptors (Lipinski definition) is 6. The topological polar surface area (TPSA) is 119 Å². The van der Waals surface area contributed by atoms with E-state index in [1.54, 1.807) is 0 Å². The second-order valence-corrected chi connectivity index (χ2v) is 8.92. The second kappa shape index (κ2) is 9.49. The number of halogens is 2. The molecule has 0 aromatic carbocycles. The lowest BCUT2D eigenvalue weighted by atomic mass is 9.91. The number of aliphatic hydroxyl groups excluding tert-OH is 1. The molecule has 2 fully saturated rings. The van der Waals surface area contributed by atoms with Gasteiger partial charge in [0, 0.05) is 30.6 Å². The van der Waals surface area contributed by atoms with Crippen LogP contribution in [0.2, 0.25) is 0 Å². The number of fused-ring (bicyclic) bond motifs is 1. The summed E-state index contributed by atoms with van der Waals surface area (Å²) in [6.07, 6.45) is 7.45. The number of pyridine rings is 1. The first-order valence-corrected chi connectivity index (χ1v) is 11.6. The number of hydrogen-bond donors (Lipinski definition) is 4. The number of nitrogens with one attached hydrogen (secondary N) is 3. The Morgan fingerprint density at radius 3 is 2.74 bits per heavy atom. The zero-order valence-electron chi connectivity index (χ0n) is 18.7. The number of nitrogens with zero attached hydrogens (tertiary/aromatic N) is 4. The second-order valence-electron chi connectivity index (χ2n) is 8.92. The van der Waals surface area contributed by atoms with Crippen molar-refractivity contribution in [3.8, 4) is 11.4 Å². The van der Waals surface area contributed by atoms with E-state index in [1.165, 1.54) is 6.07 Å². The lowest BCUT2D eigenvalue weighted by Gasteiger charge is -2.32. The van der Waals surface area contributed by atoms with E-state index in [9.17, 15) is 18.7 Å². The fourth-order valence-electron chi connectivity index (χ4n) is 4.89. The normalized spacial score (nSPS) is 20.6. The monoisotopic (exact) mass is 471 g/mol. The number of anilines is 1. The zero-order valence-corrected chi connectivity index (χ0v) is 18.7. The van der Waals surface area contributed by atoms with E-state index < -0.39 is 11.6 Å². The van der Waals surface area contributed by atoms with Gasteiger partial charge in [0.1, 0.15) is 11.5 Å². The van der Waals surface area contributed by atoms with E-state index in [0.29, 0.717) is 28.7 Å². The first-order valence-electron chi connectivity index (χ1n) is 11.6. The van der Waals surface area contributed by atoms with Crippen molar-refractivity contribution in [2.24, 2.45) is 0 Å².